The van der Waals surface area contributed by atoms with E-state index in [1.165, 1.54) is 0 Å². The van der Waals surface area contributed by atoms with E-state index in [4.69, 9.17) is 26.8 Å². The van der Waals surface area contributed by atoms with Crippen LogP contribution >= 0.6 is 11.6 Å². The summed E-state index contributed by atoms with van der Waals surface area (Å²) in [7, 11) is 0. The summed E-state index contributed by atoms with van der Waals surface area (Å²) < 4.78 is 11.1. The molecule has 1 aromatic rings. The van der Waals surface area contributed by atoms with Crippen molar-refractivity contribution in [1.82, 2.24) is 0 Å². The van der Waals surface area contributed by atoms with Crippen LogP contribution in [0.1, 0.15) is 20.3 Å². The first-order valence-corrected chi connectivity index (χ1v) is 6.23. The molecule has 98 valence electrons. The van der Waals surface area contributed by atoms with E-state index >= 15 is 0 Å². The Morgan fingerprint density at radius 2 is 2.11 bits per heavy atom. The van der Waals surface area contributed by atoms with Gasteiger partial charge in [-0.25, -0.2) is 4.99 Å². The Morgan fingerprint density at radius 1 is 1.44 bits per heavy atom. The van der Waals surface area contributed by atoms with Crippen molar-refractivity contribution in [3.8, 4) is 5.75 Å². The van der Waals surface area contributed by atoms with Gasteiger partial charge < -0.3 is 15.2 Å². The van der Waals surface area contributed by atoms with Crippen LogP contribution in [0.5, 0.6) is 5.75 Å². The highest BCUT2D eigenvalue weighted by molar-refractivity contribution is 6.30. The Labute approximate surface area is 112 Å². The fraction of sp³-hybridized carbons (Fsp3) is 0.462. The molecule has 2 rings (SSSR count). The number of amidine groups is 1. The lowest BCUT2D eigenvalue weighted by Gasteiger charge is -2.27. The highest BCUT2D eigenvalue weighted by atomic mass is 35.5. The van der Waals surface area contributed by atoms with Crippen molar-refractivity contribution in [2.75, 3.05) is 6.61 Å². The summed E-state index contributed by atoms with van der Waals surface area (Å²) in [6, 6.07) is 7.65. The van der Waals surface area contributed by atoms with Crippen molar-refractivity contribution in [2.24, 2.45) is 10.7 Å². The van der Waals surface area contributed by atoms with E-state index in [0.29, 0.717) is 11.6 Å². The quantitative estimate of drug-likeness (QED) is 0.913. The molecule has 4 nitrogen and oxygen atoms in total. The Morgan fingerprint density at radius 3 is 2.67 bits per heavy atom. The zero-order chi connectivity index (χ0) is 13.2. The second-order valence-electron chi connectivity index (χ2n) is 4.95. The molecule has 1 atom stereocenters. The van der Waals surface area contributed by atoms with Crippen LogP contribution in [0.3, 0.4) is 0 Å². The smallest absolute Gasteiger partial charge is 0.282 e. The van der Waals surface area contributed by atoms with Gasteiger partial charge in [0.2, 0.25) is 0 Å². The fourth-order valence-corrected chi connectivity index (χ4v) is 2.10. The van der Waals surface area contributed by atoms with E-state index in [9.17, 15) is 0 Å². The molecule has 0 amide bonds. The summed E-state index contributed by atoms with van der Waals surface area (Å²) in [5, 5.41) is 0.696. The molecule has 0 bridgehead atoms. The third-order valence-corrected chi connectivity index (χ3v) is 2.92. The van der Waals surface area contributed by atoms with Gasteiger partial charge in [-0.05, 0) is 38.1 Å². The SMILES string of the molecule is CC(C)(CC1COC(N)=N1)Oc1ccc(Cl)cc1. The summed E-state index contributed by atoms with van der Waals surface area (Å²) in [6.45, 7) is 4.57. The predicted molar refractivity (Wildman–Crippen MR) is 72.1 cm³/mol. The molecule has 0 fully saturated rings. The Balaban J connectivity index is 1.96. The van der Waals surface area contributed by atoms with Crippen LogP contribution in [0.2, 0.25) is 5.02 Å². The summed E-state index contributed by atoms with van der Waals surface area (Å²) in [5.74, 6) is 0.792. The van der Waals surface area contributed by atoms with Gasteiger partial charge in [0, 0.05) is 11.4 Å². The maximum absolute atomic E-state index is 5.93. The first kappa shape index (κ1) is 13.0. The Hall–Kier alpha value is -1.42. The molecule has 1 unspecified atom stereocenters. The molecule has 0 aliphatic carbocycles. The fourth-order valence-electron chi connectivity index (χ4n) is 1.97. The van der Waals surface area contributed by atoms with Crippen molar-refractivity contribution < 1.29 is 9.47 Å². The van der Waals surface area contributed by atoms with E-state index in [-0.39, 0.29) is 17.7 Å². The molecule has 5 heteroatoms. The standard InChI is InChI=1S/C13H17ClN2O2/c1-13(2,7-10-8-17-12(15)16-10)18-11-5-3-9(14)4-6-11/h3-6,10H,7-8H2,1-2H3,(H2,15,16). The second-order valence-corrected chi connectivity index (χ2v) is 5.39. The van der Waals surface area contributed by atoms with Crippen LogP contribution < -0.4 is 10.5 Å². The molecule has 1 aromatic carbocycles. The van der Waals surface area contributed by atoms with Gasteiger partial charge in [0.1, 0.15) is 18.0 Å². The molecule has 2 N–H and O–H groups in total. The maximum atomic E-state index is 5.93. The van der Waals surface area contributed by atoms with Crippen LogP contribution in [-0.4, -0.2) is 24.3 Å². The summed E-state index contributed by atoms with van der Waals surface area (Å²) in [6.07, 6.45) is 0.746. The number of rotatable bonds is 4. The van der Waals surface area contributed by atoms with Gasteiger partial charge >= 0.3 is 0 Å². The molecule has 0 spiro atoms. The van der Waals surface area contributed by atoms with Gasteiger partial charge in [0.15, 0.2) is 0 Å². The van der Waals surface area contributed by atoms with E-state index in [2.05, 4.69) is 4.99 Å². The van der Waals surface area contributed by atoms with Gasteiger partial charge in [-0.3, -0.25) is 0 Å². The van der Waals surface area contributed by atoms with Gasteiger partial charge in [-0.15, -0.1) is 0 Å². The van der Waals surface area contributed by atoms with Crippen LogP contribution in [0.25, 0.3) is 0 Å². The van der Waals surface area contributed by atoms with Crippen LogP contribution in [0.4, 0.5) is 0 Å². The van der Waals surface area contributed by atoms with Crippen LogP contribution in [-0.2, 0) is 4.74 Å². The molecule has 0 saturated heterocycles. The van der Waals surface area contributed by atoms with Gasteiger partial charge in [0.05, 0.1) is 6.04 Å². The van der Waals surface area contributed by atoms with Crippen molar-refractivity contribution in [3.63, 3.8) is 0 Å². The third kappa shape index (κ3) is 3.53. The lowest BCUT2D eigenvalue weighted by Crippen LogP contribution is -2.33. The first-order chi connectivity index (χ1) is 8.44. The van der Waals surface area contributed by atoms with Gasteiger partial charge in [0.25, 0.3) is 6.02 Å². The lowest BCUT2D eigenvalue weighted by molar-refractivity contribution is 0.0874. The third-order valence-electron chi connectivity index (χ3n) is 2.67. The number of hydrogen-bond acceptors (Lipinski definition) is 4. The van der Waals surface area contributed by atoms with E-state index in [1.54, 1.807) is 0 Å². The second kappa shape index (κ2) is 5.06. The highest BCUT2D eigenvalue weighted by Gasteiger charge is 2.28. The number of halogens is 1. The molecule has 1 heterocycles. The molecule has 0 saturated carbocycles. The molecule has 18 heavy (non-hydrogen) atoms. The highest BCUT2D eigenvalue weighted by Crippen LogP contribution is 2.25. The number of ether oxygens (including phenoxy) is 2. The zero-order valence-electron chi connectivity index (χ0n) is 10.5. The van der Waals surface area contributed by atoms with Gasteiger partial charge in [-0.2, -0.15) is 0 Å². The number of aliphatic imine (C=N–C) groups is 1. The predicted octanol–water partition coefficient (Wildman–Crippen LogP) is 2.60. The van der Waals surface area contributed by atoms with E-state index in [1.807, 2.05) is 38.1 Å². The molecule has 1 aliphatic rings. The largest absolute Gasteiger partial charge is 0.488 e. The molecule has 1 aliphatic heterocycles. The molecular formula is C13H17ClN2O2. The average Bonchev–Trinajstić information content (AvgIpc) is 2.66. The van der Waals surface area contributed by atoms with Crippen LogP contribution in [0.15, 0.2) is 29.3 Å². The number of hydrogen-bond donors (Lipinski definition) is 1. The zero-order valence-corrected chi connectivity index (χ0v) is 11.3. The van der Waals surface area contributed by atoms with Gasteiger partial charge in [-0.1, -0.05) is 11.6 Å². The van der Waals surface area contributed by atoms with Crippen LogP contribution in [0, 0.1) is 0 Å². The molecule has 0 radical (unpaired) electrons. The Kier molecular flexibility index (Phi) is 3.66. The summed E-state index contributed by atoms with van der Waals surface area (Å²) >= 11 is 5.83. The van der Waals surface area contributed by atoms with Crippen molar-refractivity contribution in [1.29, 1.82) is 0 Å². The van der Waals surface area contributed by atoms with Crippen molar-refractivity contribution >= 4 is 17.6 Å². The number of benzene rings is 1. The minimum atomic E-state index is -0.337. The Bertz CT molecular complexity index is 443. The number of nitrogens with zero attached hydrogens (tertiary/aromatic N) is 1. The molecular weight excluding hydrogens is 252 g/mol. The monoisotopic (exact) mass is 268 g/mol. The lowest BCUT2D eigenvalue weighted by atomic mass is 9.99. The normalized spacial score (nSPS) is 19.3. The van der Waals surface area contributed by atoms with E-state index in [0.717, 1.165) is 12.2 Å². The number of nitrogens with two attached hydrogens (primary N) is 1. The molecule has 0 aromatic heterocycles. The van der Waals surface area contributed by atoms with Crippen molar-refractivity contribution in [2.45, 2.75) is 31.9 Å². The summed E-state index contributed by atoms with van der Waals surface area (Å²) in [4.78, 5) is 4.20. The van der Waals surface area contributed by atoms with E-state index < -0.39 is 0 Å². The maximum Gasteiger partial charge on any atom is 0.282 e. The first-order valence-electron chi connectivity index (χ1n) is 5.85. The summed E-state index contributed by atoms with van der Waals surface area (Å²) in [5.41, 5.74) is 5.15. The minimum absolute atomic E-state index is 0.0623. The minimum Gasteiger partial charge on any atom is -0.488 e. The average molecular weight is 269 g/mol. The van der Waals surface area contributed by atoms with Crippen molar-refractivity contribution in [3.05, 3.63) is 29.3 Å². The topological polar surface area (TPSA) is 56.8 Å².